The number of hydrogen-bond acceptors (Lipinski definition) is 5. The minimum absolute atomic E-state index is 0.00632. The Kier molecular flexibility index (Phi) is 8.30. The van der Waals surface area contributed by atoms with E-state index in [0.29, 0.717) is 23.4 Å². The number of anilines is 2. The van der Waals surface area contributed by atoms with E-state index in [-0.39, 0.29) is 16.5 Å². The van der Waals surface area contributed by atoms with Gasteiger partial charge < -0.3 is 16.0 Å². The van der Waals surface area contributed by atoms with Gasteiger partial charge in [0.25, 0.3) is 10.0 Å². The zero-order valence-corrected chi connectivity index (χ0v) is 20.2. The predicted octanol–water partition coefficient (Wildman–Crippen LogP) is 4.39. The monoisotopic (exact) mass is 511 g/mol. The summed E-state index contributed by atoms with van der Waals surface area (Å²) in [5, 5.41) is 16.9. The molecule has 0 aliphatic carbocycles. The third kappa shape index (κ3) is 7.46. The van der Waals surface area contributed by atoms with Gasteiger partial charge in [-0.1, -0.05) is 41.4 Å². The molecule has 0 unspecified atom stereocenters. The number of carbonyl (C=O) groups is 2. The zero-order valence-electron chi connectivity index (χ0n) is 18.6. The van der Waals surface area contributed by atoms with E-state index in [1.54, 1.807) is 48.5 Å². The smallest absolute Gasteiger partial charge is 0.328 e. The first kappa shape index (κ1) is 25.6. The molecule has 0 radical (unpaired) electrons. The average molecular weight is 512 g/mol. The number of nitriles is 1. The Morgan fingerprint density at radius 1 is 0.943 bits per heavy atom. The van der Waals surface area contributed by atoms with Gasteiger partial charge in [-0.3, -0.25) is 0 Å². The molecule has 180 valence electrons. The van der Waals surface area contributed by atoms with E-state index in [1.807, 2.05) is 17.7 Å². The number of rotatable bonds is 7. The maximum Gasteiger partial charge on any atom is 0.328 e. The Hall–Kier alpha value is -4.07. The van der Waals surface area contributed by atoms with Crippen LogP contribution in [0.1, 0.15) is 16.7 Å². The van der Waals surface area contributed by atoms with Crippen LogP contribution < -0.4 is 20.7 Å². The lowest BCUT2D eigenvalue weighted by atomic mass is 10.1. The summed E-state index contributed by atoms with van der Waals surface area (Å²) in [6.07, 6.45) is 0.450. The summed E-state index contributed by atoms with van der Waals surface area (Å²) in [7, 11) is -3.95. The third-order valence-electron chi connectivity index (χ3n) is 4.82. The molecule has 0 heterocycles. The van der Waals surface area contributed by atoms with E-state index in [2.05, 4.69) is 16.0 Å². The van der Waals surface area contributed by atoms with Crippen molar-refractivity contribution in [1.82, 2.24) is 10.0 Å². The van der Waals surface area contributed by atoms with Crippen molar-refractivity contribution in [3.8, 4) is 6.07 Å². The van der Waals surface area contributed by atoms with Gasteiger partial charge in [-0.2, -0.15) is 5.26 Å². The van der Waals surface area contributed by atoms with Crippen molar-refractivity contribution >= 4 is 45.1 Å². The predicted molar refractivity (Wildman–Crippen MR) is 134 cm³/mol. The lowest BCUT2D eigenvalue weighted by Crippen LogP contribution is -2.40. The summed E-state index contributed by atoms with van der Waals surface area (Å²) in [5.41, 5.74) is 3.06. The van der Waals surface area contributed by atoms with Crippen LogP contribution in [-0.2, 0) is 16.4 Å². The number of carbonyl (C=O) groups excluding carboxylic acids is 2. The molecule has 4 amide bonds. The number of amides is 4. The second kappa shape index (κ2) is 11.4. The van der Waals surface area contributed by atoms with Gasteiger partial charge in [0.1, 0.15) is 0 Å². The quantitative estimate of drug-likeness (QED) is 0.372. The maximum absolute atomic E-state index is 12.2. The first-order valence-electron chi connectivity index (χ1n) is 10.4. The van der Waals surface area contributed by atoms with Crippen molar-refractivity contribution in [2.45, 2.75) is 18.2 Å². The molecule has 3 aromatic rings. The van der Waals surface area contributed by atoms with Gasteiger partial charge in [-0.05, 0) is 61.4 Å². The molecule has 0 bridgehead atoms. The van der Waals surface area contributed by atoms with Crippen LogP contribution in [0.3, 0.4) is 0 Å². The van der Waals surface area contributed by atoms with Crippen LogP contribution in [0, 0.1) is 18.3 Å². The summed E-state index contributed by atoms with van der Waals surface area (Å²) in [6, 6.07) is 18.3. The molecule has 3 aromatic carbocycles. The molecule has 0 fully saturated rings. The van der Waals surface area contributed by atoms with Crippen molar-refractivity contribution in [2.24, 2.45) is 0 Å². The number of nitrogens with zero attached hydrogens (tertiary/aromatic N) is 1. The number of benzene rings is 3. The topological polar surface area (TPSA) is 140 Å². The molecule has 0 saturated heterocycles. The Morgan fingerprint density at radius 3 is 2.26 bits per heavy atom. The van der Waals surface area contributed by atoms with Crippen LogP contribution in [0.5, 0.6) is 0 Å². The maximum atomic E-state index is 12.2. The molecule has 0 aliphatic rings. The number of aryl methyl sites for hydroxylation is 1. The molecule has 0 spiro atoms. The van der Waals surface area contributed by atoms with Crippen molar-refractivity contribution in [2.75, 3.05) is 17.2 Å². The highest BCUT2D eigenvalue weighted by atomic mass is 35.5. The normalized spacial score (nSPS) is 10.7. The molecular formula is C24H22ClN5O4S. The fraction of sp³-hybridized carbons (Fsp3) is 0.125. The summed E-state index contributed by atoms with van der Waals surface area (Å²) in [4.78, 5) is 24.2. The minimum atomic E-state index is -3.95. The van der Waals surface area contributed by atoms with Crippen LogP contribution in [0.15, 0.2) is 71.6 Å². The second-order valence-corrected chi connectivity index (χ2v) is 9.60. The molecule has 0 saturated carbocycles. The molecule has 11 heteroatoms. The van der Waals surface area contributed by atoms with Crippen LogP contribution >= 0.6 is 11.6 Å². The van der Waals surface area contributed by atoms with Crippen LogP contribution in [0.4, 0.5) is 21.0 Å². The number of urea groups is 2. The Balaban J connectivity index is 1.45. The lowest BCUT2D eigenvalue weighted by molar-refractivity contribution is 0.246. The fourth-order valence-electron chi connectivity index (χ4n) is 2.98. The Bertz CT molecular complexity index is 1370. The minimum Gasteiger partial charge on any atom is -0.337 e. The van der Waals surface area contributed by atoms with E-state index in [9.17, 15) is 18.0 Å². The van der Waals surface area contributed by atoms with E-state index in [4.69, 9.17) is 16.9 Å². The molecule has 9 nitrogen and oxygen atoms in total. The fourth-order valence-corrected chi connectivity index (χ4v) is 4.14. The number of hydrogen-bond donors (Lipinski definition) is 4. The molecular weight excluding hydrogens is 490 g/mol. The molecule has 0 aromatic heterocycles. The van der Waals surface area contributed by atoms with Gasteiger partial charge in [-0.25, -0.2) is 22.7 Å². The molecule has 0 atom stereocenters. The Morgan fingerprint density at radius 2 is 1.63 bits per heavy atom. The first-order chi connectivity index (χ1) is 16.7. The molecule has 3 rings (SSSR count). The highest BCUT2D eigenvalue weighted by molar-refractivity contribution is 7.90. The summed E-state index contributed by atoms with van der Waals surface area (Å²) in [5.74, 6) is 0. The van der Waals surface area contributed by atoms with Crippen molar-refractivity contribution < 1.29 is 18.0 Å². The second-order valence-electron chi connectivity index (χ2n) is 7.51. The van der Waals surface area contributed by atoms with Crippen molar-refractivity contribution in [3.63, 3.8) is 0 Å². The number of halogens is 1. The zero-order chi connectivity index (χ0) is 25.4. The van der Waals surface area contributed by atoms with E-state index in [1.165, 1.54) is 18.2 Å². The largest absolute Gasteiger partial charge is 0.337 e. The van der Waals surface area contributed by atoms with Gasteiger partial charge in [0.2, 0.25) is 0 Å². The average Bonchev–Trinajstić information content (AvgIpc) is 2.81. The molecule has 35 heavy (non-hydrogen) atoms. The highest BCUT2D eigenvalue weighted by Gasteiger charge is 2.17. The van der Waals surface area contributed by atoms with Gasteiger partial charge in [0.15, 0.2) is 0 Å². The Labute approximate surface area is 208 Å². The summed E-state index contributed by atoms with van der Waals surface area (Å²) in [6.45, 7) is 2.04. The molecule has 4 N–H and O–H groups in total. The van der Waals surface area contributed by atoms with Gasteiger partial charge >= 0.3 is 12.1 Å². The van der Waals surface area contributed by atoms with Crippen LogP contribution in [0.25, 0.3) is 0 Å². The SMILES string of the molecule is Cc1ccc(S(=O)(=O)NC(=O)NCCc2ccc(NC(=O)Nc3ccc(C#N)cc3Cl)cc2)cc1. The highest BCUT2D eigenvalue weighted by Crippen LogP contribution is 2.23. The van der Waals surface area contributed by atoms with Gasteiger partial charge in [0, 0.05) is 12.2 Å². The van der Waals surface area contributed by atoms with Gasteiger partial charge in [0.05, 0.1) is 27.2 Å². The van der Waals surface area contributed by atoms with Crippen LogP contribution in [-0.4, -0.2) is 27.0 Å². The lowest BCUT2D eigenvalue weighted by Gasteiger charge is -2.11. The number of sulfonamides is 1. The van der Waals surface area contributed by atoms with Crippen LogP contribution in [0.2, 0.25) is 5.02 Å². The number of nitrogens with one attached hydrogen (secondary N) is 4. The van der Waals surface area contributed by atoms with E-state index in [0.717, 1.165) is 11.1 Å². The molecule has 0 aliphatic heterocycles. The third-order valence-corrected chi connectivity index (χ3v) is 6.48. The van der Waals surface area contributed by atoms with Crippen molar-refractivity contribution in [3.05, 3.63) is 88.4 Å². The van der Waals surface area contributed by atoms with E-state index < -0.39 is 22.1 Å². The summed E-state index contributed by atoms with van der Waals surface area (Å²) < 4.78 is 26.5. The standard InChI is InChI=1S/C24H22ClN5O4S/c1-16-2-9-20(10-3-16)35(33,34)30-23(31)27-13-12-17-4-7-19(8-5-17)28-24(32)29-22-11-6-18(15-26)14-21(22)25/h2-11,14H,12-13H2,1H3,(H2,27,30,31)(H2,28,29,32). The van der Waals surface area contributed by atoms with Gasteiger partial charge in [-0.15, -0.1) is 0 Å². The van der Waals surface area contributed by atoms with Crippen molar-refractivity contribution in [1.29, 1.82) is 5.26 Å². The van der Waals surface area contributed by atoms with E-state index >= 15 is 0 Å². The summed E-state index contributed by atoms with van der Waals surface area (Å²) >= 11 is 6.06. The first-order valence-corrected chi connectivity index (χ1v) is 12.3.